The van der Waals surface area contributed by atoms with Gasteiger partial charge in [0.15, 0.2) is 0 Å². The highest BCUT2D eigenvalue weighted by Crippen LogP contribution is 2.32. The largest absolute Gasteiger partial charge is 0.350 e. The Kier molecular flexibility index (Phi) is 4.86. The zero-order chi connectivity index (χ0) is 20.5. The molecule has 7 heteroatoms. The van der Waals surface area contributed by atoms with E-state index in [1.54, 1.807) is 0 Å². The first kappa shape index (κ1) is 18.7. The summed E-state index contributed by atoms with van der Waals surface area (Å²) in [6.45, 7) is 0.477. The van der Waals surface area contributed by atoms with E-state index < -0.39 is 0 Å². The number of amides is 2. The van der Waals surface area contributed by atoms with E-state index in [0.29, 0.717) is 30.3 Å². The predicted molar refractivity (Wildman–Crippen MR) is 116 cm³/mol. The standard InChI is InChI=1S/C23H25N5O2/c29-21-20-17(13-18(26-20)14-7-3-1-4-8-14)16(11-12-24-21)19-22(30)28-23(27-19)25-15-9-5-2-6-10-15/h1,3-4,7-8,13,15,26H,2,5-6,9-12H2,(H,24,29)(H2,25,27,28,30)/b19-16-. The molecule has 3 heterocycles. The van der Waals surface area contributed by atoms with E-state index in [-0.39, 0.29) is 17.9 Å². The third-order valence-electron chi connectivity index (χ3n) is 6.01. The Labute approximate surface area is 175 Å². The lowest BCUT2D eigenvalue weighted by Gasteiger charge is -2.17. The van der Waals surface area contributed by atoms with Crippen LogP contribution in [0.15, 0.2) is 47.1 Å². The quantitative estimate of drug-likeness (QED) is 0.580. The molecule has 0 spiro atoms. The van der Waals surface area contributed by atoms with E-state index in [4.69, 9.17) is 4.99 Å². The highest BCUT2D eigenvalue weighted by molar-refractivity contribution is 6.18. The zero-order valence-corrected chi connectivity index (χ0v) is 16.8. The first-order valence-corrected chi connectivity index (χ1v) is 10.7. The Balaban J connectivity index is 1.52. The van der Waals surface area contributed by atoms with Crippen LogP contribution < -0.4 is 16.0 Å². The number of hydrogen-bond donors (Lipinski definition) is 4. The predicted octanol–water partition coefficient (Wildman–Crippen LogP) is 2.93. The van der Waals surface area contributed by atoms with Gasteiger partial charge in [0.1, 0.15) is 11.4 Å². The molecule has 30 heavy (non-hydrogen) atoms. The van der Waals surface area contributed by atoms with Crippen molar-refractivity contribution in [3.63, 3.8) is 0 Å². The fourth-order valence-corrected chi connectivity index (χ4v) is 4.47. The second kappa shape index (κ2) is 7.82. The fraction of sp³-hybridized carbons (Fsp3) is 0.348. The Morgan fingerprint density at radius 3 is 2.53 bits per heavy atom. The third kappa shape index (κ3) is 3.51. The smallest absolute Gasteiger partial charge is 0.274 e. The molecule has 2 aliphatic heterocycles. The first-order valence-electron chi connectivity index (χ1n) is 10.7. The molecule has 1 saturated carbocycles. The number of carbonyl (C=O) groups excluding carboxylic acids is 2. The maximum Gasteiger partial charge on any atom is 0.274 e. The maximum absolute atomic E-state index is 12.8. The topological polar surface area (TPSA) is 98.4 Å². The summed E-state index contributed by atoms with van der Waals surface area (Å²) in [6.07, 6.45) is 6.33. The van der Waals surface area contributed by atoms with E-state index in [2.05, 4.69) is 20.9 Å². The minimum atomic E-state index is -0.192. The molecule has 2 amide bonds. The molecular weight excluding hydrogens is 378 g/mol. The molecule has 1 aromatic heterocycles. The van der Waals surface area contributed by atoms with Gasteiger partial charge >= 0.3 is 0 Å². The summed E-state index contributed by atoms with van der Waals surface area (Å²) < 4.78 is 0. The van der Waals surface area contributed by atoms with Crippen LogP contribution in [0.3, 0.4) is 0 Å². The number of aromatic nitrogens is 1. The van der Waals surface area contributed by atoms with E-state index in [1.165, 1.54) is 19.3 Å². The highest BCUT2D eigenvalue weighted by Gasteiger charge is 2.31. The van der Waals surface area contributed by atoms with Gasteiger partial charge in [0.05, 0.1) is 6.04 Å². The molecule has 5 rings (SSSR count). The van der Waals surface area contributed by atoms with Crippen LogP contribution in [0.1, 0.15) is 54.6 Å². The molecular formula is C23H25N5O2. The van der Waals surface area contributed by atoms with Crippen molar-refractivity contribution in [3.8, 4) is 11.3 Å². The number of fused-ring (bicyclic) bond motifs is 1. The molecule has 1 aliphatic carbocycles. The molecule has 7 nitrogen and oxygen atoms in total. The number of carbonyl (C=O) groups is 2. The van der Waals surface area contributed by atoms with Gasteiger partial charge in [-0.25, -0.2) is 4.99 Å². The molecule has 4 N–H and O–H groups in total. The number of aliphatic imine (C=N–C) groups is 1. The Bertz CT molecular complexity index is 1040. The van der Waals surface area contributed by atoms with Gasteiger partial charge in [-0.3, -0.25) is 14.9 Å². The summed E-state index contributed by atoms with van der Waals surface area (Å²) in [6, 6.07) is 12.1. The molecule has 1 aromatic carbocycles. The summed E-state index contributed by atoms with van der Waals surface area (Å²) in [5.74, 6) is 0.179. The van der Waals surface area contributed by atoms with Gasteiger partial charge in [0.25, 0.3) is 11.8 Å². The summed E-state index contributed by atoms with van der Waals surface area (Å²) in [5, 5.41) is 9.00. The van der Waals surface area contributed by atoms with Gasteiger partial charge in [-0.1, -0.05) is 49.6 Å². The zero-order valence-electron chi connectivity index (χ0n) is 16.8. The fourth-order valence-electron chi connectivity index (χ4n) is 4.47. The molecule has 0 bridgehead atoms. The number of rotatable bonds is 2. The molecule has 3 aliphatic rings. The van der Waals surface area contributed by atoms with Crippen molar-refractivity contribution in [1.29, 1.82) is 0 Å². The van der Waals surface area contributed by atoms with Gasteiger partial charge < -0.3 is 15.6 Å². The van der Waals surface area contributed by atoms with Crippen LogP contribution in [-0.4, -0.2) is 35.3 Å². The molecule has 2 fully saturated rings. The second-order valence-corrected chi connectivity index (χ2v) is 8.05. The van der Waals surface area contributed by atoms with Crippen molar-refractivity contribution in [2.75, 3.05) is 6.54 Å². The second-order valence-electron chi connectivity index (χ2n) is 8.05. The molecule has 0 unspecified atom stereocenters. The Morgan fingerprint density at radius 1 is 0.933 bits per heavy atom. The van der Waals surface area contributed by atoms with Crippen LogP contribution in [0.2, 0.25) is 0 Å². The number of benzene rings is 1. The Hall–Kier alpha value is -3.35. The normalized spacial score (nSPS) is 23.5. The molecule has 1 saturated heterocycles. The summed E-state index contributed by atoms with van der Waals surface area (Å²) in [7, 11) is 0. The minimum Gasteiger partial charge on any atom is -0.350 e. The van der Waals surface area contributed by atoms with E-state index >= 15 is 0 Å². The molecule has 0 radical (unpaired) electrons. The highest BCUT2D eigenvalue weighted by atomic mass is 16.2. The lowest BCUT2D eigenvalue weighted by atomic mass is 9.96. The van der Waals surface area contributed by atoms with Crippen molar-refractivity contribution in [2.45, 2.75) is 44.6 Å². The number of aromatic amines is 1. The van der Waals surface area contributed by atoms with E-state index in [1.807, 2.05) is 36.4 Å². The lowest BCUT2D eigenvalue weighted by Crippen LogP contribution is -2.28. The summed E-state index contributed by atoms with van der Waals surface area (Å²) in [5.41, 5.74) is 4.41. The molecule has 2 aromatic rings. The molecule has 0 atom stereocenters. The van der Waals surface area contributed by atoms with Crippen molar-refractivity contribution in [2.24, 2.45) is 4.99 Å². The van der Waals surface area contributed by atoms with Gasteiger partial charge in [-0.2, -0.15) is 0 Å². The van der Waals surface area contributed by atoms with Gasteiger partial charge in [-0.05, 0) is 36.5 Å². The number of H-pyrrole nitrogens is 1. The first-order chi connectivity index (χ1) is 14.7. The Morgan fingerprint density at radius 2 is 1.73 bits per heavy atom. The number of nitrogens with one attached hydrogen (secondary N) is 4. The van der Waals surface area contributed by atoms with Crippen LogP contribution in [0.5, 0.6) is 0 Å². The van der Waals surface area contributed by atoms with E-state index in [9.17, 15) is 9.59 Å². The van der Waals surface area contributed by atoms with Crippen molar-refractivity contribution >= 4 is 23.3 Å². The number of guanidine groups is 1. The minimum absolute atomic E-state index is 0.155. The van der Waals surface area contributed by atoms with Crippen molar-refractivity contribution < 1.29 is 9.59 Å². The average Bonchev–Trinajstić information content (AvgIpc) is 3.33. The van der Waals surface area contributed by atoms with Crippen molar-refractivity contribution in [1.82, 2.24) is 20.9 Å². The number of hydrogen-bond acceptors (Lipinski definition) is 3. The third-order valence-corrected chi connectivity index (χ3v) is 6.01. The van der Waals surface area contributed by atoms with Gasteiger partial charge in [0, 0.05) is 17.8 Å². The lowest BCUT2D eigenvalue weighted by molar-refractivity contribution is -0.115. The average molecular weight is 403 g/mol. The van der Waals surface area contributed by atoms with Gasteiger partial charge in [0.2, 0.25) is 5.96 Å². The van der Waals surface area contributed by atoms with Crippen molar-refractivity contribution in [3.05, 3.63) is 53.4 Å². The number of nitrogens with zero attached hydrogens (tertiary/aromatic N) is 1. The maximum atomic E-state index is 12.8. The van der Waals surface area contributed by atoms with Crippen LogP contribution in [0.4, 0.5) is 0 Å². The molecule has 154 valence electrons. The SMILES string of the molecule is O=C1NC(=NC2CCCCC2)N/C1=C1/CCNC(=O)c2[nH]c(-c3ccccc3)cc21. The van der Waals surface area contributed by atoms with Crippen LogP contribution in [-0.2, 0) is 4.79 Å². The van der Waals surface area contributed by atoms with Crippen LogP contribution in [0.25, 0.3) is 16.8 Å². The van der Waals surface area contributed by atoms with Crippen LogP contribution in [0, 0.1) is 0 Å². The summed E-state index contributed by atoms with van der Waals surface area (Å²) in [4.78, 5) is 33.4. The monoisotopic (exact) mass is 403 g/mol. The van der Waals surface area contributed by atoms with Crippen LogP contribution >= 0.6 is 0 Å². The van der Waals surface area contributed by atoms with Gasteiger partial charge in [-0.15, -0.1) is 0 Å². The van der Waals surface area contributed by atoms with E-state index in [0.717, 1.165) is 35.2 Å². The summed E-state index contributed by atoms with van der Waals surface area (Å²) >= 11 is 0.